The van der Waals surface area contributed by atoms with Crippen LogP contribution in [0.1, 0.15) is 25.0 Å². The Morgan fingerprint density at radius 2 is 1.26 bits per heavy atom. The van der Waals surface area contributed by atoms with Crippen molar-refractivity contribution in [2.24, 2.45) is 5.84 Å². The summed E-state index contributed by atoms with van der Waals surface area (Å²) < 4.78 is 0. The van der Waals surface area contributed by atoms with Crippen LogP contribution in [0.25, 0.3) is 21.9 Å². The summed E-state index contributed by atoms with van der Waals surface area (Å²) in [6, 6.07) is 29.9. The van der Waals surface area contributed by atoms with Crippen LogP contribution in [-0.2, 0) is 5.41 Å². The summed E-state index contributed by atoms with van der Waals surface area (Å²) in [5.41, 5.74) is 7.33. The fourth-order valence-electron chi connectivity index (χ4n) is 4.32. The maximum atomic E-state index is 6.53. The molecule has 0 aromatic heterocycles. The lowest BCUT2D eigenvalue weighted by Gasteiger charge is -2.24. The fraction of sp³-hybridized carbons (Fsp3) is 0.120. The Balaban J connectivity index is 1.60. The molecule has 0 radical (unpaired) electrons. The largest absolute Gasteiger partial charge is 0.280 e. The van der Waals surface area contributed by atoms with Crippen molar-refractivity contribution in [3.05, 3.63) is 96.1 Å². The van der Waals surface area contributed by atoms with Gasteiger partial charge in [-0.1, -0.05) is 74.5 Å². The first kappa shape index (κ1) is 16.1. The lowest BCUT2D eigenvalue weighted by molar-refractivity contribution is 0.660. The lowest BCUT2D eigenvalue weighted by Crippen LogP contribution is -2.25. The summed E-state index contributed by atoms with van der Waals surface area (Å²) in [5.74, 6) is 6.53. The van der Waals surface area contributed by atoms with E-state index >= 15 is 0 Å². The number of hydrazine groups is 1. The van der Waals surface area contributed by atoms with Crippen molar-refractivity contribution in [2.45, 2.75) is 19.3 Å². The Labute approximate surface area is 159 Å². The van der Waals surface area contributed by atoms with Gasteiger partial charge in [-0.3, -0.25) is 5.01 Å². The molecular formula is C25H22N2. The number of anilines is 2. The number of rotatable bonds is 2. The predicted molar refractivity (Wildman–Crippen MR) is 114 cm³/mol. The van der Waals surface area contributed by atoms with Gasteiger partial charge in [-0.25, -0.2) is 5.84 Å². The van der Waals surface area contributed by atoms with Gasteiger partial charge >= 0.3 is 0 Å². The summed E-state index contributed by atoms with van der Waals surface area (Å²) in [6.45, 7) is 4.58. The molecule has 0 saturated heterocycles. The van der Waals surface area contributed by atoms with E-state index in [-0.39, 0.29) is 5.41 Å². The molecule has 0 amide bonds. The minimum absolute atomic E-state index is 0.0217. The third-order valence-electron chi connectivity index (χ3n) is 5.86. The molecule has 0 bridgehead atoms. The van der Waals surface area contributed by atoms with E-state index in [1.54, 1.807) is 5.01 Å². The minimum atomic E-state index is -0.0217. The topological polar surface area (TPSA) is 29.3 Å². The summed E-state index contributed by atoms with van der Waals surface area (Å²) in [5, 5.41) is 4.20. The van der Waals surface area contributed by atoms with Crippen LogP contribution >= 0.6 is 0 Å². The predicted octanol–water partition coefficient (Wildman–Crippen LogP) is 6.16. The zero-order valence-electron chi connectivity index (χ0n) is 15.6. The van der Waals surface area contributed by atoms with Gasteiger partial charge in [0.05, 0.1) is 11.4 Å². The van der Waals surface area contributed by atoms with Gasteiger partial charge in [0.1, 0.15) is 0 Å². The Morgan fingerprint density at radius 3 is 2.11 bits per heavy atom. The van der Waals surface area contributed by atoms with Crippen molar-refractivity contribution in [1.29, 1.82) is 0 Å². The van der Waals surface area contributed by atoms with E-state index in [2.05, 4.69) is 98.8 Å². The molecule has 1 aliphatic rings. The van der Waals surface area contributed by atoms with Crippen LogP contribution in [0.3, 0.4) is 0 Å². The van der Waals surface area contributed by atoms with Crippen LogP contribution in [0.5, 0.6) is 0 Å². The third-order valence-corrected chi connectivity index (χ3v) is 5.86. The van der Waals surface area contributed by atoms with Crippen molar-refractivity contribution >= 4 is 22.1 Å². The van der Waals surface area contributed by atoms with E-state index in [9.17, 15) is 0 Å². The van der Waals surface area contributed by atoms with Gasteiger partial charge < -0.3 is 0 Å². The maximum absolute atomic E-state index is 6.53. The molecule has 0 fully saturated rings. The first-order chi connectivity index (χ1) is 13.1. The molecule has 0 spiro atoms. The standard InChI is InChI=1S/C25H22N2/c1-25(2)23-10-6-5-9-21(23)22-14-13-20(16-24(22)25)27(26)19-12-11-17-7-3-4-8-18(17)15-19/h3-16H,26H2,1-2H3. The fourth-order valence-corrected chi connectivity index (χ4v) is 4.32. The van der Waals surface area contributed by atoms with Gasteiger partial charge in [0, 0.05) is 5.41 Å². The molecule has 1 aliphatic carbocycles. The van der Waals surface area contributed by atoms with Gasteiger partial charge in [0.15, 0.2) is 0 Å². The van der Waals surface area contributed by atoms with Crippen molar-refractivity contribution in [1.82, 2.24) is 0 Å². The highest BCUT2D eigenvalue weighted by Crippen LogP contribution is 2.49. The van der Waals surface area contributed by atoms with Crippen LogP contribution in [0, 0.1) is 0 Å². The second-order valence-corrected chi connectivity index (χ2v) is 7.80. The summed E-state index contributed by atoms with van der Waals surface area (Å²) in [7, 11) is 0. The van der Waals surface area contributed by atoms with Crippen LogP contribution in [0.15, 0.2) is 84.9 Å². The Kier molecular flexibility index (Phi) is 3.40. The Morgan fingerprint density at radius 1 is 0.630 bits per heavy atom. The highest BCUT2D eigenvalue weighted by molar-refractivity contribution is 5.87. The summed E-state index contributed by atoms with van der Waals surface area (Å²) >= 11 is 0. The van der Waals surface area contributed by atoms with E-state index < -0.39 is 0 Å². The van der Waals surface area contributed by atoms with Crippen molar-refractivity contribution in [3.63, 3.8) is 0 Å². The quantitative estimate of drug-likeness (QED) is 0.346. The van der Waals surface area contributed by atoms with Crippen LogP contribution in [-0.4, -0.2) is 0 Å². The molecule has 0 saturated carbocycles. The van der Waals surface area contributed by atoms with Crippen LogP contribution in [0.2, 0.25) is 0 Å². The molecule has 0 unspecified atom stereocenters. The average Bonchev–Trinajstić information content (AvgIpc) is 2.94. The van der Waals surface area contributed by atoms with E-state index in [1.165, 1.54) is 33.0 Å². The number of nitrogens with zero attached hydrogens (tertiary/aromatic N) is 1. The van der Waals surface area contributed by atoms with E-state index in [0.717, 1.165) is 11.4 Å². The van der Waals surface area contributed by atoms with Gasteiger partial charge in [0.25, 0.3) is 0 Å². The molecule has 2 heteroatoms. The normalized spacial score (nSPS) is 14.0. The molecule has 0 atom stereocenters. The van der Waals surface area contributed by atoms with E-state index in [1.807, 2.05) is 0 Å². The van der Waals surface area contributed by atoms with Crippen molar-refractivity contribution < 1.29 is 0 Å². The zero-order valence-corrected chi connectivity index (χ0v) is 15.6. The molecule has 0 heterocycles. The smallest absolute Gasteiger partial charge is 0.0581 e. The molecule has 132 valence electrons. The number of fused-ring (bicyclic) bond motifs is 4. The van der Waals surface area contributed by atoms with E-state index in [4.69, 9.17) is 5.84 Å². The zero-order chi connectivity index (χ0) is 18.6. The second-order valence-electron chi connectivity index (χ2n) is 7.80. The Hall–Kier alpha value is -3.10. The average molecular weight is 350 g/mol. The molecule has 4 aromatic carbocycles. The first-order valence-electron chi connectivity index (χ1n) is 9.34. The molecule has 5 rings (SSSR count). The van der Waals surface area contributed by atoms with Gasteiger partial charge in [-0.15, -0.1) is 0 Å². The molecule has 2 nitrogen and oxygen atoms in total. The SMILES string of the molecule is CC1(C)c2ccccc2-c2ccc(N(N)c3ccc4ccccc4c3)cc21. The van der Waals surface area contributed by atoms with Crippen molar-refractivity contribution in [2.75, 3.05) is 5.01 Å². The number of hydrogen-bond acceptors (Lipinski definition) is 2. The third kappa shape index (κ3) is 2.37. The second kappa shape index (κ2) is 5.70. The first-order valence-corrected chi connectivity index (χ1v) is 9.34. The number of nitrogens with two attached hydrogens (primary N) is 1. The van der Waals surface area contributed by atoms with E-state index in [0.29, 0.717) is 0 Å². The lowest BCUT2D eigenvalue weighted by atomic mass is 9.82. The summed E-state index contributed by atoms with van der Waals surface area (Å²) in [4.78, 5) is 0. The Bertz CT molecular complexity index is 1170. The van der Waals surface area contributed by atoms with Gasteiger partial charge in [0.2, 0.25) is 0 Å². The van der Waals surface area contributed by atoms with Crippen LogP contribution < -0.4 is 10.9 Å². The monoisotopic (exact) mass is 350 g/mol. The molecule has 27 heavy (non-hydrogen) atoms. The molecule has 2 N–H and O–H groups in total. The summed E-state index contributed by atoms with van der Waals surface area (Å²) in [6.07, 6.45) is 0. The van der Waals surface area contributed by atoms with Crippen molar-refractivity contribution in [3.8, 4) is 11.1 Å². The highest BCUT2D eigenvalue weighted by atomic mass is 15.4. The minimum Gasteiger partial charge on any atom is -0.280 e. The van der Waals surface area contributed by atoms with Crippen LogP contribution in [0.4, 0.5) is 11.4 Å². The highest BCUT2D eigenvalue weighted by Gasteiger charge is 2.35. The maximum Gasteiger partial charge on any atom is 0.0581 e. The molecule has 4 aromatic rings. The number of benzene rings is 4. The molecular weight excluding hydrogens is 328 g/mol. The van der Waals surface area contributed by atoms with Gasteiger partial charge in [-0.05, 0) is 57.3 Å². The van der Waals surface area contributed by atoms with Gasteiger partial charge in [-0.2, -0.15) is 0 Å². The molecule has 0 aliphatic heterocycles. The number of hydrogen-bond donors (Lipinski definition) is 1.